The molecule has 0 aliphatic rings. The molecule has 0 fully saturated rings. The van der Waals surface area contributed by atoms with Gasteiger partial charge in [0.1, 0.15) is 18.2 Å². The van der Waals surface area contributed by atoms with E-state index >= 15 is 0 Å². The number of benzene rings is 2. The van der Waals surface area contributed by atoms with Crippen LogP contribution in [0.4, 0.5) is 4.39 Å². The average Bonchev–Trinajstić information content (AvgIpc) is 2.49. The molecule has 2 aromatic carbocycles. The van der Waals surface area contributed by atoms with Gasteiger partial charge in [-0.2, -0.15) is 0 Å². The Morgan fingerprint density at radius 3 is 2.62 bits per heavy atom. The summed E-state index contributed by atoms with van der Waals surface area (Å²) >= 11 is 3.31. The van der Waals surface area contributed by atoms with Gasteiger partial charge >= 0.3 is 0 Å². The Bertz CT molecular complexity index is 641. The highest BCUT2D eigenvalue weighted by Crippen LogP contribution is 2.19. The Kier molecular flexibility index (Phi) is 5.33. The summed E-state index contributed by atoms with van der Waals surface area (Å²) in [6, 6.07) is 12.2. The quantitative estimate of drug-likeness (QED) is 0.487. The molecule has 0 amide bonds. The molecule has 2 aromatic rings. The Labute approximate surface area is 131 Å². The fourth-order valence-electron chi connectivity index (χ4n) is 1.85. The van der Waals surface area contributed by atoms with Gasteiger partial charge in [-0.05, 0) is 42.8 Å². The molecular formula is C16H15BrFNO2. The van der Waals surface area contributed by atoms with Crippen molar-refractivity contribution in [3.8, 4) is 5.75 Å². The highest BCUT2D eigenvalue weighted by Gasteiger charge is 2.04. The third kappa shape index (κ3) is 4.56. The normalized spacial score (nSPS) is 11.5. The SMILES string of the molecule is C/C(Cc1ccc(OCc2cc(Br)ccc2F)cc1)=N/O. The van der Waals surface area contributed by atoms with Gasteiger partial charge in [-0.25, -0.2) is 4.39 Å². The molecule has 0 radical (unpaired) electrons. The van der Waals surface area contributed by atoms with E-state index in [4.69, 9.17) is 9.94 Å². The van der Waals surface area contributed by atoms with Crippen molar-refractivity contribution in [1.29, 1.82) is 0 Å². The third-order valence-corrected chi connectivity index (χ3v) is 3.45. The molecule has 0 aromatic heterocycles. The van der Waals surface area contributed by atoms with Crippen molar-refractivity contribution in [2.75, 3.05) is 0 Å². The fourth-order valence-corrected chi connectivity index (χ4v) is 2.26. The maximum atomic E-state index is 13.6. The molecule has 110 valence electrons. The summed E-state index contributed by atoms with van der Waals surface area (Å²) in [4.78, 5) is 0. The molecule has 0 bridgehead atoms. The van der Waals surface area contributed by atoms with E-state index in [0.717, 1.165) is 10.0 Å². The second kappa shape index (κ2) is 7.22. The van der Waals surface area contributed by atoms with Crippen LogP contribution in [0.15, 0.2) is 52.1 Å². The molecule has 0 saturated carbocycles. The Morgan fingerprint density at radius 2 is 1.95 bits per heavy atom. The second-order valence-corrected chi connectivity index (χ2v) is 5.60. The van der Waals surface area contributed by atoms with Crippen LogP contribution >= 0.6 is 15.9 Å². The van der Waals surface area contributed by atoms with Crippen molar-refractivity contribution in [3.63, 3.8) is 0 Å². The van der Waals surface area contributed by atoms with Gasteiger partial charge in [0.25, 0.3) is 0 Å². The lowest BCUT2D eigenvalue weighted by molar-refractivity contribution is 0.299. The predicted molar refractivity (Wildman–Crippen MR) is 83.5 cm³/mol. The predicted octanol–water partition coefficient (Wildman–Crippen LogP) is 4.56. The van der Waals surface area contributed by atoms with Crippen LogP contribution in [0, 0.1) is 5.82 Å². The zero-order valence-electron chi connectivity index (χ0n) is 11.5. The van der Waals surface area contributed by atoms with E-state index in [-0.39, 0.29) is 12.4 Å². The molecule has 21 heavy (non-hydrogen) atoms. The molecule has 0 atom stereocenters. The second-order valence-electron chi connectivity index (χ2n) is 4.68. The van der Waals surface area contributed by atoms with Crippen molar-refractivity contribution in [1.82, 2.24) is 0 Å². The van der Waals surface area contributed by atoms with Crippen LogP contribution in [0.2, 0.25) is 0 Å². The summed E-state index contributed by atoms with van der Waals surface area (Å²) in [5.41, 5.74) is 2.16. The lowest BCUT2D eigenvalue weighted by Gasteiger charge is -2.08. The Hall–Kier alpha value is -1.88. The van der Waals surface area contributed by atoms with Crippen LogP contribution in [0.25, 0.3) is 0 Å². The number of rotatable bonds is 5. The molecule has 0 unspecified atom stereocenters. The average molecular weight is 352 g/mol. The number of halogens is 2. The van der Waals surface area contributed by atoms with Gasteiger partial charge in [0.2, 0.25) is 0 Å². The zero-order chi connectivity index (χ0) is 15.2. The first kappa shape index (κ1) is 15.5. The maximum Gasteiger partial charge on any atom is 0.129 e. The maximum absolute atomic E-state index is 13.6. The number of hydrogen-bond acceptors (Lipinski definition) is 3. The van der Waals surface area contributed by atoms with E-state index in [9.17, 15) is 4.39 Å². The van der Waals surface area contributed by atoms with Crippen molar-refractivity contribution in [2.45, 2.75) is 20.0 Å². The summed E-state index contributed by atoms with van der Waals surface area (Å²) in [5, 5.41) is 11.8. The van der Waals surface area contributed by atoms with Gasteiger partial charge < -0.3 is 9.94 Å². The van der Waals surface area contributed by atoms with Gasteiger partial charge in [-0.15, -0.1) is 0 Å². The minimum absolute atomic E-state index is 0.168. The summed E-state index contributed by atoms with van der Waals surface area (Å²) in [5.74, 6) is 0.376. The number of oxime groups is 1. The van der Waals surface area contributed by atoms with Crippen molar-refractivity contribution in [2.24, 2.45) is 5.16 Å². The van der Waals surface area contributed by atoms with Gasteiger partial charge in [0.15, 0.2) is 0 Å². The summed E-state index contributed by atoms with van der Waals surface area (Å²) in [6.45, 7) is 1.92. The molecule has 5 heteroatoms. The van der Waals surface area contributed by atoms with Crippen LogP contribution < -0.4 is 4.74 Å². The van der Waals surface area contributed by atoms with E-state index in [1.807, 2.05) is 24.3 Å². The zero-order valence-corrected chi connectivity index (χ0v) is 13.1. The molecule has 0 aliphatic carbocycles. The number of nitrogens with zero attached hydrogens (tertiary/aromatic N) is 1. The fraction of sp³-hybridized carbons (Fsp3) is 0.188. The van der Waals surface area contributed by atoms with Crippen LogP contribution in [-0.2, 0) is 13.0 Å². The molecule has 2 rings (SSSR count). The summed E-state index contributed by atoms with van der Waals surface area (Å²) in [6.07, 6.45) is 0.580. The molecule has 0 spiro atoms. The van der Waals surface area contributed by atoms with E-state index in [2.05, 4.69) is 21.1 Å². The topological polar surface area (TPSA) is 41.8 Å². The minimum Gasteiger partial charge on any atom is -0.489 e. The third-order valence-electron chi connectivity index (χ3n) is 2.96. The lowest BCUT2D eigenvalue weighted by atomic mass is 10.1. The van der Waals surface area contributed by atoms with Gasteiger partial charge in [0, 0.05) is 16.5 Å². The monoisotopic (exact) mass is 351 g/mol. The van der Waals surface area contributed by atoms with Crippen LogP contribution in [-0.4, -0.2) is 10.9 Å². The highest BCUT2D eigenvalue weighted by atomic mass is 79.9. The smallest absolute Gasteiger partial charge is 0.129 e. The summed E-state index contributed by atoms with van der Waals surface area (Å²) in [7, 11) is 0. The van der Waals surface area contributed by atoms with E-state index in [1.54, 1.807) is 19.1 Å². The minimum atomic E-state index is -0.287. The Balaban J connectivity index is 1.99. The number of ether oxygens (including phenoxy) is 1. The largest absolute Gasteiger partial charge is 0.489 e. The molecule has 3 nitrogen and oxygen atoms in total. The van der Waals surface area contributed by atoms with E-state index < -0.39 is 0 Å². The van der Waals surface area contributed by atoms with Crippen molar-refractivity contribution < 1.29 is 14.3 Å². The van der Waals surface area contributed by atoms with Crippen molar-refractivity contribution in [3.05, 3.63) is 63.9 Å². The van der Waals surface area contributed by atoms with Crippen LogP contribution in [0.1, 0.15) is 18.1 Å². The summed E-state index contributed by atoms with van der Waals surface area (Å²) < 4.78 is 20.0. The van der Waals surface area contributed by atoms with Gasteiger partial charge in [-0.3, -0.25) is 0 Å². The lowest BCUT2D eigenvalue weighted by Crippen LogP contribution is -2.00. The molecule has 1 N–H and O–H groups in total. The van der Waals surface area contributed by atoms with E-state index in [0.29, 0.717) is 23.4 Å². The standard InChI is InChI=1S/C16H15BrFNO2/c1-11(19-20)8-12-2-5-15(6-3-12)21-10-13-9-14(17)4-7-16(13)18/h2-7,9,20H,8,10H2,1H3/b19-11-. The molecular weight excluding hydrogens is 337 g/mol. The van der Waals surface area contributed by atoms with Crippen LogP contribution in [0.5, 0.6) is 5.75 Å². The highest BCUT2D eigenvalue weighted by molar-refractivity contribution is 9.10. The number of hydrogen-bond donors (Lipinski definition) is 1. The first-order valence-corrected chi connectivity index (χ1v) is 7.21. The Morgan fingerprint density at radius 1 is 1.24 bits per heavy atom. The first-order chi connectivity index (χ1) is 10.1. The first-order valence-electron chi connectivity index (χ1n) is 6.41. The molecule has 0 aliphatic heterocycles. The molecule has 0 heterocycles. The van der Waals surface area contributed by atoms with Crippen LogP contribution in [0.3, 0.4) is 0 Å². The van der Waals surface area contributed by atoms with E-state index in [1.165, 1.54) is 6.07 Å². The van der Waals surface area contributed by atoms with Gasteiger partial charge in [-0.1, -0.05) is 33.2 Å². The van der Waals surface area contributed by atoms with Crippen molar-refractivity contribution >= 4 is 21.6 Å². The molecule has 0 saturated heterocycles. The van der Waals surface area contributed by atoms with Gasteiger partial charge in [0.05, 0.1) is 5.71 Å².